The molecular formula is C20H24N4OS2. The Morgan fingerprint density at radius 3 is 2.74 bits per heavy atom. The molecule has 1 unspecified atom stereocenters. The highest BCUT2D eigenvalue weighted by atomic mass is 32.2. The molecule has 27 heavy (non-hydrogen) atoms. The summed E-state index contributed by atoms with van der Waals surface area (Å²) < 4.78 is 8.10. The number of thiophene rings is 1. The van der Waals surface area contributed by atoms with E-state index in [2.05, 4.69) is 75.5 Å². The Morgan fingerprint density at radius 1 is 1.22 bits per heavy atom. The molecule has 1 aliphatic rings. The standard InChI is InChI=1S/C20H24N4OS2/c1-23(2)16-9-7-15(8-10-16)14-27-20-22-21-19(18-6-4-12-26-18)24(20)13-17-5-3-11-25-17/h4,6-10,12,17H,3,5,11,13-14H2,1-2H3. The third-order valence-corrected chi connectivity index (χ3v) is 6.59. The minimum Gasteiger partial charge on any atom is -0.378 e. The van der Waals surface area contributed by atoms with Gasteiger partial charge < -0.3 is 9.64 Å². The van der Waals surface area contributed by atoms with Crippen LogP contribution < -0.4 is 4.90 Å². The first-order valence-corrected chi connectivity index (χ1v) is 11.0. The summed E-state index contributed by atoms with van der Waals surface area (Å²) in [5.41, 5.74) is 2.50. The maximum absolute atomic E-state index is 5.87. The van der Waals surface area contributed by atoms with E-state index in [4.69, 9.17) is 4.74 Å². The van der Waals surface area contributed by atoms with Crippen molar-refractivity contribution in [1.82, 2.24) is 14.8 Å². The van der Waals surface area contributed by atoms with Gasteiger partial charge >= 0.3 is 0 Å². The van der Waals surface area contributed by atoms with Crippen molar-refractivity contribution in [3.63, 3.8) is 0 Å². The van der Waals surface area contributed by atoms with Crippen molar-refractivity contribution in [2.45, 2.75) is 36.4 Å². The van der Waals surface area contributed by atoms with Gasteiger partial charge in [0.1, 0.15) is 0 Å². The summed E-state index contributed by atoms with van der Waals surface area (Å²) in [6, 6.07) is 12.8. The first-order chi connectivity index (χ1) is 13.2. The molecule has 0 bridgehead atoms. The fourth-order valence-electron chi connectivity index (χ4n) is 3.18. The van der Waals surface area contributed by atoms with E-state index in [0.717, 1.165) is 47.6 Å². The highest BCUT2D eigenvalue weighted by Gasteiger charge is 2.22. The molecule has 0 radical (unpaired) electrons. The van der Waals surface area contributed by atoms with Crippen LogP contribution in [-0.4, -0.2) is 41.6 Å². The van der Waals surface area contributed by atoms with Crippen molar-refractivity contribution in [2.24, 2.45) is 0 Å². The lowest BCUT2D eigenvalue weighted by molar-refractivity contribution is 0.0953. The lowest BCUT2D eigenvalue weighted by Crippen LogP contribution is -2.16. The Morgan fingerprint density at radius 2 is 2.07 bits per heavy atom. The van der Waals surface area contributed by atoms with Gasteiger partial charge in [-0.05, 0) is 42.0 Å². The van der Waals surface area contributed by atoms with Crippen molar-refractivity contribution in [3.8, 4) is 10.7 Å². The molecule has 5 nitrogen and oxygen atoms in total. The zero-order valence-corrected chi connectivity index (χ0v) is 17.3. The highest BCUT2D eigenvalue weighted by Crippen LogP contribution is 2.30. The van der Waals surface area contributed by atoms with Gasteiger partial charge in [-0.3, -0.25) is 4.57 Å². The van der Waals surface area contributed by atoms with Crippen molar-refractivity contribution in [1.29, 1.82) is 0 Å². The van der Waals surface area contributed by atoms with Crippen LogP contribution in [0.3, 0.4) is 0 Å². The zero-order valence-electron chi connectivity index (χ0n) is 15.7. The fraction of sp³-hybridized carbons (Fsp3) is 0.400. The molecule has 2 aromatic heterocycles. The third kappa shape index (κ3) is 4.36. The number of rotatable bonds is 7. The largest absolute Gasteiger partial charge is 0.378 e. The lowest BCUT2D eigenvalue weighted by atomic mass is 10.2. The molecule has 4 rings (SSSR count). The quantitative estimate of drug-likeness (QED) is 0.545. The fourth-order valence-corrected chi connectivity index (χ4v) is 4.80. The van der Waals surface area contributed by atoms with Gasteiger partial charge in [-0.1, -0.05) is 30.0 Å². The SMILES string of the molecule is CN(C)c1ccc(CSc2nnc(-c3cccs3)n2CC2CCCO2)cc1. The molecule has 0 aliphatic carbocycles. The van der Waals surface area contributed by atoms with Gasteiger partial charge in [-0.25, -0.2) is 0 Å². The van der Waals surface area contributed by atoms with Gasteiger partial charge in [-0.2, -0.15) is 0 Å². The van der Waals surface area contributed by atoms with E-state index in [-0.39, 0.29) is 6.10 Å². The van der Waals surface area contributed by atoms with Crippen molar-refractivity contribution in [3.05, 3.63) is 47.3 Å². The average molecular weight is 401 g/mol. The van der Waals surface area contributed by atoms with Crippen molar-refractivity contribution in [2.75, 3.05) is 25.6 Å². The van der Waals surface area contributed by atoms with Gasteiger partial charge in [0, 0.05) is 32.1 Å². The second-order valence-electron chi connectivity index (χ2n) is 6.88. The second-order valence-corrected chi connectivity index (χ2v) is 8.77. The molecule has 1 atom stereocenters. The number of nitrogens with zero attached hydrogens (tertiary/aromatic N) is 4. The predicted octanol–water partition coefficient (Wildman–Crippen LogP) is 4.54. The van der Waals surface area contributed by atoms with E-state index >= 15 is 0 Å². The molecule has 0 N–H and O–H groups in total. The summed E-state index contributed by atoms with van der Waals surface area (Å²) in [7, 11) is 4.12. The third-order valence-electron chi connectivity index (χ3n) is 4.69. The van der Waals surface area contributed by atoms with Crippen LogP contribution in [0.2, 0.25) is 0 Å². The second kappa shape index (κ2) is 8.46. The van der Waals surface area contributed by atoms with Crippen LogP contribution >= 0.6 is 23.1 Å². The summed E-state index contributed by atoms with van der Waals surface area (Å²) in [5, 5.41) is 12.0. The summed E-state index contributed by atoms with van der Waals surface area (Å²) in [4.78, 5) is 3.27. The van der Waals surface area contributed by atoms with E-state index < -0.39 is 0 Å². The van der Waals surface area contributed by atoms with Crippen molar-refractivity contribution < 1.29 is 4.74 Å². The maximum atomic E-state index is 5.87. The minimum absolute atomic E-state index is 0.262. The van der Waals surface area contributed by atoms with Crippen LogP contribution in [0, 0.1) is 0 Å². The molecule has 0 spiro atoms. The predicted molar refractivity (Wildman–Crippen MR) is 113 cm³/mol. The van der Waals surface area contributed by atoms with Gasteiger partial charge in [0.2, 0.25) is 0 Å². The molecule has 142 valence electrons. The number of hydrogen-bond acceptors (Lipinski definition) is 6. The van der Waals surface area contributed by atoms with E-state index in [1.807, 2.05) is 0 Å². The number of aromatic nitrogens is 3. The molecule has 7 heteroatoms. The monoisotopic (exact) mass is 400 g/mol. The molecular weight excluding hydrogens is 376 g/mol. The van der Waals surface area contributed by atoms with Crippen LogP contribution in [0.15, 0.2) is 46.9 Å². The lowest BCUT2D eigenvalue weighted by Gasteiger charge is -2.14. The van der Waals surface area contributed by atoms with E-state index in [9.17, 15) is 0 Å². The maximum Gasteiger partial charge on any atom is 0.191 e. The molecule has 1 aliphatic heterocycles. The highest BCUT2D eigenvalue weighted by molar-refractivity contribution is 7.98. The Hall–Kier alpha value is -1.83. The Labute approximate surface area is 168 Å². The van der Waals surface area contributed by atoms with Crippen LogP contribution in [0.4, 0.5) is 5.69 Å². The molecule has 0 saturated carbocycles. The molecule has 1 saturated heterocycles. The van der Waals surface area contributed by atoms with Crippen LogP contribution in [0.1, 0.15) is 18.4 Å². The normalized spacial score (nSPS) is 16.7. The van der Waals surface area contributed by atoms with Crippen LogP contribution in [0.5, 0.6) is 0 Å². The summed E-state index contributed by atoms with van der Waals surface area (Å²) in [5.74, 6) is 1.83. The van der Waals surface area contributed by atoms with Crippen LogP contribution in [0.25, 0.3) is 10.7 Å². The smallest absolute Gasteiger partial charge is 0.191 e. The van der Waals surface area contributed by atoms with Crippen molar-refractivity contribution >= 4 is 28.8 Å². The Kier molecular flexibility index (Phi) is 5.80. The Bertz CT molecular complexity index is 853. The first kappa shape index (κ1) is 18.5. The molecule has 3 heterocycles. The number of anilines is 1. The van der Waals surface area contributed by atoms with Gasteiger partial charge in [0.15, 0.2) is 11.0 Å². The number of benzene rings is 1. The molecule has 0 amide bonds. The average Bonchev–Trinajstić information content (AvgIpc) is 3.43. The molecule has 1 aromatic carbocycles. The minimum atomic E-state index is 0.262. The van der Waals surface area contributed by atoms with E-state index in [0.29, 0.717) is 0 Å². The van der Waals surface area contributed by atoms with E-state index in [1.165, 1.54) is 11.3 Å². The molecule has 3 aromatic rings. The number of ether oxygens (including phenoxy) is 1. The Balaban J connectivity index is 1.52. The number of thioether (sulfide) groups is 1. The summed E-state index contributed by atoms with van der Waals surface area (Å²) in [6.45, 7) is 1.68. The molecule has 1 fully saturated rings. The summed E-state index contributed by atoms with van der Waals surface area (Å²) in [6.07, 6.45) is 2.51. The van der Waals surface area contributed by atoms with Gasteiger partial charge in [0.05, 0.1) is 17.5 Å². The van der Waals surface area contributed by atoms with Gasteiger partial charge in [0.25, 0.3) is 0 Å². The van der Waals surface area contributed by atoms with Crippen LogP contribution in [-0.2, 0) is 17.0 Å². The zero-order chi connectivity index (χ0) is 18.6. The van der Waals surface area contributed by atoms with E-state index in [1.54, 1.807) is 23.1 Å². The topological polar surface area (TPSA) is 43.2 Å². The number of hydrogen-bond donors (Lipinski definition) is 0. The first-order valence-electron chi connectivity index (χ1n) is 9.18. The van der Waals surface area contributed by atoms with Gasteiger partial charge in [-0.15, -0.1) is 21.5 Å². The summed E-state index contributed by atoms with van der Waals surface area (Å²) >= 11 is 3.44.